The molecule has 0 aliphatic carbocycles. The zero-order valence-corrected chi connectivity index (χ0v) is 10.1. The van der Waals surface area contributed by atoms with Crippen molar-refractivity contribution in [2.24, 2.45) is 0 Å². The maximum atomic E-state index is 12.9. The molecule has 0 saturated heterocycles. The van der Waals surface area contributed by atoms with Crippen molar-refractivity contribution < 1.29 is 36.2 Å². The van der Waals surface area contributed by atoms with Crippen LogP contribution in [-0.4, -0.2) is 11.1 Å². The van der Waals surface area contributed by atoms with Gasteiger partial charge in [0.15, 0.2) is 0 Å². The van der Waals surface area contributed by atoms with Gasteiger partial charge in [-0.1, -0.05) is 6.07 Å². The van der Waals surface area contributed by atoms with Crippen molar-refractivity contribution in [2.75, 3.05) is 0 Å². The number of hydrogen-bond donors (Lipinski definition) is 1. The van der Waals surface area contributed by atoms with Gasteiger partial charge in [0.25, 0.3) is 0 Å². The van der Waals surface area contributed by atoms with Crippen molar-refractivity contribution in [3.05, 3.63) is 34.2 Å². The monoisotopic (exact) mass is 314 g/mol. The van der Waals surface area contributed by atoms with Gasteiger partial charge in [0.1, 0.15) is 4.88 Å². The van der Waals surface area contributed by atoms with Crippen molar-refractivity contribution in [3.63, 3.8) is 0 Å². The van der Waals surface area contributed by atoms with Crippen LogP contribution in [0.3, 0.4) is 0 Å². The molecule has 2 nitrogen and oxygen atoms in total. The Hall–Kier alpha value is -1.77. The van der Waals surface area contributed by atoms with E-state index in [0.717, 1.165) is 12.1 Å². The second kappa shape index (κ2) is 4.37. The molecule has 0 radical (unpaired) electrons. The lowest BCUT2D eigenvalue weighted by molar-refractivity contribution is -0.140. The summed E-state index contributed by atoms with van der Waals surface area (Å²) in [5.41, 5.74) is -3.25. The number of fused-ring (bicyclic) bond motifs is 1. The number of alkyl halides is 6. The summed E-state index contributed by atoms with van der Waals surface area (Å²) in [5.74, 6) is -1.91. The average Bonchev–Trinajstić information content (AvgIpc) is 2.65. The van der Waals surface area contributed by atoms with Gasteiger partial charge in [-0.25, -0.2) is 4.79 Å². The van der Waals surface area contributed by atoms with E-state index in [9.17, 15) is 31.1 Å². The second-order valence-electron chi connectivity index (χ2n) is 3.79. The summed E-state index contributed by atoms with van der Waals surface area (Å²) in [4.78, 5) is 9.68. The molecule has 1 N–H and O–H groups in total. The summed E-state index contributed by atoms with van der Waals surface area (Å²) in [5, 5.41) is 7.64. The number of carbonyl (C=O) groups is 1. The number of thiophene rings is 1. The van der Waals surface area contributed by atoms with Crippen LogP contribution < -0.4 is 0 Å². The Balaban J connectivity index is 2.98. The van der Waals surface area contributed by atoms with Crippen LogP contribution in [0.25, 0.3) is 10.1 Å². The lowest BCUT2D eigenvalue weighted by Crippen LogP contribution is -2.13. The largest absolute Gasteiger partial charge is 0.477 e. The highest BCUT2D eigenvalue weighted by Crippen LogP contribution is 2.46. The first-order valence-corrected chi connectivity index (χ1v) is 5.78. The topological polar surface area (TPSA) is 37.3 Å². The molecule has 0 bridgehead atoms. The predicted octanol–water partition coefficient (Wildman–Crippen LogP) is 4.64. The number of carboxylic acids is 1. The SMILES string of the molecule is O=C(O)c1sc2cccc(C(F)(F)F)c2c1C(F)(F)F. The van der Waals surface area contributed by atoms with Crippen LogP contribution >= 0.6 is 11.3 Å². The van der Waals surface area contributed by atoms with Gasteiger partial charge in [-0.3, -0.25) is 0 Å². The normalized spacial score (nSPS) is 12.9. The van der Waals surface area contributed by atoms with E-state index in [-0.39, 0.29) is 16.0 Å². The Morgan fingerprint density at radius 3 is 2.10 bits per heavy atom. The zero-order valence-electron chi connectivity index (χ0n) is 9.26. The van der Waals surface area contributed by atoms with E-state index >= 15 is 0 Å². The third kappa shape index (κ3) is 2.33. The molecule has 1 aromatic carbocycles. The first-order chi connectivity index (χ1) is 9.03. The summed E-state index contributed by atoms with van der Waals surface area (Å²) in [6, 6.07) is 2.46. The highest BCUT2D eigenvalue weighted by molar-refractivity contribution is 7.21. The number of halogens is 6. The number of rotatable bonds is 1. The van der Waals surface area contributed by atoms with E-state index in [1.807, 2.05) is 0 Å². The van der Waals surface area contributed by atoms with Crippen molar-refractivity contribution in [1.82, 2.24) is 0 Å². The van der Waals surface area contributed by atoms with Gasteiger partial charge >= 0.3 is 18.3 Å². The van der Waals surface area contributed by atoms with Crippen molar-refractivity contribution >= 4 is 27.4 Å². The molecule has 0 aliphatic heterocycles. The van der Waals surface area contributed by atoms with E-state index in [1.54, 1.807) is 0 Å². The molecule has 0 fully saturated rings. The molecule has 0 unspecified atom stereocenters. The van der Waals surface area contributed by atoms with Gasteiger partial charge in [0.05, 0.1) is 11.1 Å². The van der Waals surface area contributed by atoms with Crippen LogP contribution in [0.2, 0.25) is 0 Å². The molecule has 1 aromatic heterocycles. The molecule has 108 valence electrons. The van der Waals surface area contributed by atoms with Crippen LogP contribution in [-0.2, 0) is 12.4 Å². The third-order valence-corrected chi connectivity index (χ3v) is 3.64. The fourth-order valence-corrected chi connectivity index (χ4v) is 2.89. The minimum atomic E-state index is -5.19. The fourth-order valence-electron chi connectivity index (χ4n) is 1.81. The molecule has 2 aromatic rings. The molecule has 0 spiro atoms. The molecule has 0 saturated carbocycles. The lowest BCUT2D eigenvalue weighted by atomic mass is 10.0. The van der Waals surface area contributed by atoms with Crippen molar-refractivity contribution in [2.45, 2.75) is 12.4 Å². The molecule has 9 heteroatoms. The number of aromatic carboxylic acids is 1. The highest BCUT2D eigenvalue weighted by Gasteiger charge is 2.43. The fraction of sp³-hybridized carbons (Fsp3) is 0.182. The molecule has 0 amide bonds. The molecule has 1 heterocycles. The van der Waals surface area contributed by atoms with E-state index < -0.39 is 39.7 Å². The Morgan fingerprint density at radius 1 is 1.05 bits per heavy atom. The van der Waals surface area contributed by atoms with Gasteiger partial charge in [-0.15, -0.1) is 11.3 Å². The zero-order chi connectivity index (χ0) is 15.3. The van der Waals surface area contributed by atoms with Gasteiger partial charge in [0, 0.05) is 10.1 Å². The third-order valence-electron chi connectivity index (χ3n) is 2.50. The number of carboxylic acid groups (broad SMARTS) is 1. The maximum Gasteiger partial charge on any atom is 0.418 e. The van der Waals surface area contributed by atoms with Crippen molar-refractivity contribution in [1.29, 1.82) is 0 Å². The minimum Gasteiger partial charge on any atom is -0.477 e. The van der Waals surface area contributed by atoms with E-state index in [4.69, 9.17) is 5.11 Å². The first kappa shape index (κ1) is 14.6. The van der Waals surface area contributed by atoms with Gasteiger partial charge in [0.2, 0.25) is 0 Å². The minimum absolute atomic E-state index is 0.170. The second-order valence-corrected chi connectivity index (χ2v) is 4.84. The Morgan fingerprint density at radius 2 is 1.65 bits per heavy atom. The van der Waals surface area contributed by atoms with Crippen LogP contribution in [0.15, 0.2) is 18.2 Å². The molecule has 0 atom stereocenters. The average molecular weight is 314 g/mol. The van der Waals surface area contributed by atoms with Gasteiger partial charge in [-0.2, -0.15) is 26.3 Å². The molecule has 2 rings (SSSR count). The smallest absolute Gasteiger partial charge is 0.418 e. The summed E-state index contributed by atoms with van der Waals surface area (Å²) in [7, 11) is 0. The predicted molar refractivity (Wildman–Crippen MR) is 58.8 cm³/mol. The van der Waals surface area contributed by atoms with Crippen LogP contribution in [0, 0.1) is 0 Å². The first-order valence-electron chi connectivity index (χ1n) is 4.96. The Kier molecular flexibility index (Phi) is 3.20. The number of hydrogen-bond acceptors (Lipinski definition) is 2. The maximum absolute atomic E-state index is 12.9. The van der Waals surface area contributed by atoms with Gasteiger partial charge in [-0.05, 0) is 12.1 Å². The highest BCUT2D eigenvalue weighted by atomic mass is 32.1. The van der Waals surface area contributed by atoms with E-state index in [0.29, 0.717) is 6.07 Å². The Bertz CT molecular complexity index is 683. The summed E-state index contributed by atoms with van der Waals surface area (Å²) < 4.78 is 76.7. The molecule has 20 heavy (non-hydrogen) atoms. The molecule has 0 aliphatic rings. The van der Waals surface area contributed by atoms with Crippen LogP contribution in [0.1, 0.15) is 20.8 Å². The quantitative estimate of drug-likeness (QED) is 0.779. The number of benzene rings is 1. The van der Waals surface area contributed by atoms with E-state index in [1.165, 1.54) is 0 Å². The summed E-state index contributed by atoms with van der Waals surface area (Å²) >= 11 is 0.170. The van der Waals surface area contributed by atoms with E-state index in [2.05, 4.69) is 0 Å². The Labute approximate surface area is 111 Å². The lowest BCUT2D eigenvalue weighted by Gasteiger charge is -2.12. The summed E-state index contributed by atoms with van der Waals surface area (Å²) in [6.07, 6.45) is -10.2. The molecular formula is C11H4F6O2S. The van der Waals surface area contributed by atoms with Gasteiger partial charge < -0.3 is 5.11 Å². The van der Waals surface area contributed by atoms with Crippen molar-refractivity contribution in [3.8, 4) is 0 Å². The standard InChI is InChI=1S/C11H4F6O2S/c12-10(13,14)4-2-1-3-5-6(4)7(11(15,16)17)8(20-5)9(18)19/h1-3H,(H,18,19). The molecular weight excluding hydrogens is 310 g/mol. The summed E-state index contributed by atoms with van der Waals surface area (Å²) in [6.45, 7) is 0. The van der Waals surface area contributed by atoms with Crippen LogP contribution in [0.5, 0.6) is 0 Å². The van der Waals surface area contributed by atoms with Crippen LogP contribution in [0.4, 0.5) is 26.3 Å².